The molecular formula is C12H17FN2O. The highest BCUT2D eigenvalue weighted by molar-refractivity contribution is 5.16. The average molecular weight is 224 g/mol. The van der Waals surface area contributed by atoms with Gasteiger partial charge in [-0.25, -0.2) is 4.98 Å². The molecular weight excluding hydrogens is 207 g/mol. The molecule has 2 rings (SSSR count). The van der Waals surface area contributed by atoms with Crippen LogP contribution in [0.2, 0.25) is 0 Å². The first-order valence-corrected chi connectivity index (χ1v) is 5.67. The summed E-state index contributed by atoms with van der Waals surface area (Å²) in [7, 11) is 0. The van der Waals surface area contributed by atoms with Gasteiger partial charge in [0.1, 0.15) is 12.4 Å². The van der Waals surface area contributed by atoms with Crippen LogP contribution in [-0.4, -0.2) is 35.1 Å². The van der Waals surface area contributed by atoms with Gasteiger partial charge < -0.3 is 4.74 Å². The second-order valence-electron chi connectivity index (χ2n) is 4.40. The van der Waals surface area contributed by atoms with Gasteiger partial charge in [0.2, 0.25) is 5.95 Å². The smallest absolute Gasteiger partial charge is 0.213 e. The Labute approximate surface area is 95.2 Å². The molecule has 16 heavy (non-hydrogen) atoms. The topological polar surface area (TPSA) is 25.4 Å². The molecule has 0 radical (unpaired) electrons. The second-order valence-corrected chi connectivity index (χ2v) is 4.40. The Bertz CT molecular complexity index is 339. The standard InChI is InChI=1S/C12H17FN2O/c1-9(2)15-6-5-10(15)8-16-11-3-4-12(13)14-7-11/h3-4,7,9-10H,5-6,8H2,1-2H3/t10-/m1/s1. The third kappa shape index (κ3) is 2.50. The SMILES string of the molecule is CC(C)N1CC[C@@H]1COc1ccc(F)nc1. The molecule has 0 unspecified atom stereocenters. The summed E-state index contributed by atoms with van der Waals surface area (Å²) in [4.78, 5) is 5.95. The number of likely N-dealkylation sites (tertiary alicyclic amines) is 1. The van der Waals surface area contributed by atoms with Crippen molar-refractivity contribution >= 4 is 0 Å². The van der Waals surface area contributed by atoms with Gasteiger partial charge in [0, 0.05) is 18.6 Å². The zero-order valence-corrected chi connectivity index (χ0v) is 9.69. The van der Waals surface area contributed by atoms with Gasteiger partial charge in [-0.2, -0.15) is 4.39 Å². The maximum atomic E-state index is 12.6. The molecule has 1 aliphatic heterocycles. The molecule has 0 N–H and O–H groups in total. The number of nitrogens with zero attached hydrogens (tertiary/aromatic N) is 2. The average Bonchev–Trinajstić information content (AvgIpc) is 2.18. The quantitative estimate of drug-likeness (QED) is 0.732. The lowest BCUT2D eigenvalue weighted by atomic mass is 10.0. The molecule has 0 aromatic carbocycles. The van der Waals surface area contributed by atoms with Crippen LogP contribution in [0.1, 0.15) is 20.3 Å². The number of pyridine rings is 1. The van der Waals surface area contributed by atoms with Gasteiger partial charge in [-0.05, 0) is 32.4 Å². The molecule has 1 aromatic heterocycles. The Balaban J connectivity index is 1.81. The summed E-state index contributed by atoms with van der Waals surface area (Å²) in [5.74, 6) is 0.164. The van der Waals surface area contributed by atoms with E-state index in [1.807, 2.05) is 0 Å². The molecule has 88 valence electrons. The minimum Gasteiger partial charge on any atom is -0.490 e. The largest absolute Gasteiger partial charge is 0.490 e. The van der Waals surface area contributed by atoms with Crippen molar-refractivity contribution in [2.45, 2.75) is 32.4 Å². The third-order valence-electron chi connectivity index (χ3n) is 3.00. The maximum Gasteiger partial charge on any atom is 0.213 e. The van der Waals surface area contributed by atoms with E-state index in [0.717, 1.165) is 6.54 Å². The third-order valence-corrected chi connectivity index (χ3v) is 3.00. The lowest BCUT2D eigenvalue weighted by Crippen LogP contribution is -2.54. The lowest BCUT2D eigenvalue weighted by Gasteiger charge is -2.43. The van der Waals surface area contributed by atoms with Crippen molar-refractivity contribution in [3.63, 3.8) is 0 Å². The number of aromatic nitrogens is 1. The fraction of sp³-hybridized carbons (Fsp3) is 0.583. The van der Waals surface area contributed by atoms with Crippen molar-refractivity contribution in [1.82, 2.24) is 9.88 Å². The summed E-state index contributed by atoms with van der Waals surface area (Å²) in [6, 6.07) is 3.98. The van der Waals surface area contributed by atoms with E-state index in [-0.39, 0.29) is 0 Å². The van der Waals surface area contributed by atoms with E-state index in [0.29, 0.717) is 24.4 Å². The van der Waals surface area contributed by atoms with E-state index in [1.165, 1.54) is 18.7 Å². The molecule has 1 atom stereocenters. The van der Waals surface area contributed by atoms with E-state index in [4.69, 9.17) is 4.74 Å². The summed E-state index contributed by atoms with van der Waals surface area (Å²) < 4.78 is 18.1. The fourth-order valence-corrected chi connectivity index (χ4v) is 1.96. The van der Waals surface area contributed by atoms with Gasteiger partial charge in [0.05, 0.1) is 6.20 Å². The molecule has 0 bridgehead atoms. The molecule has 1 aliphatic rings. The molecule has 0 amide bonds. The van der Waals surface area contributed by atoms with E-state index < -0.39 is 5.95 Å². The zero-order valence-electron chi connectivity index (χ0n) is 9.69. The Morgan fingerprint density at radius 1 is 1.56 bits per heavy atom. The summed E-state index contributed by atoms with van der Waals surface area (Å²) in [5, 5.41) is 0. The van der Waals surface area contributed by atoms with Crippen LogP contribution in [-0.2, 0) is 0 Å². The van der Waals surface area contributed by atoms with Crippen LogP contribution >= 0.6 is 0 Å². The normalized spacial score (nSPS) is 20.9. The predicted molar refractivity (Wildman–Crippen MR) is 59.9 cm³/mol. The Morgan fingerprint density at radius 3 is 2.88 bits per heavy atom. The first-order chi connectivity index (χ1) is 7.66. The highest BCUT2D eigenvalue weighted by Crippen LogP contribution is 2.21. The molecule has 1 saturated heterocycles. The summed E-state index contributed by atoms with van der Waals surface area (Å²) >= 11 is 0. The van der Waals surface area contributed by atoms with Gasteiger partial charge in [-0.1, -0.05) is 0 Å². The molecule has 1 aromatic rings. The first kappa shape index (κ1) is 11.3. The molecule has 0 aliphatic carbocycles. The van der Waals surface area contributed by atoms with Crippen LogP contribution in [0, 0.1) is 5.95 Å². The van der Waals surface area contributed by atoms with Crippen LogP contribution in [0.4, 0.5) is 4.39 Å². The number of hydrogen-bond donors (Lipinski definition) is 0. The molecule has 2 heterocycles. The Kier molecular flexibility index (Phi) is 3.39. The number of ether oxygens (including phenoxy) is 1. The van der Waals surface area contributed by atoms with Crippen molar-refractivity contribution < 1.29 is 9.13 Å². The lowest BCUT2D eigenvalue weighted by molar-refractivity contribution is 0.0240. The predicted octanol–water partition coefficient (Wildman–Crippen LogP) is 2.08. The molecule has 0 saturated carbocycles. The van der Waals surface area contributed by atoms with E-state index in [9.17, 15) is 4.39 Å². The van der Waals surface area contributed by atoms with E-state index in [2.05, 4.69) is 23.7 Å². The Hall–Kier alpha value is -1.16. The Morgan fingerprint density at radius 2 is 2.38 bits per heavy atom. The van der Waals surface area contributed by atoms with Gasteiger partial charge in [0.15, 0.2) is 0 Å². The summed E-state index contributed by atoms with van der Waals surface area (Å²) in [6.45, 7) is 6.18. The van der Waals surface area contributed by atoms with Crippen LogP contribution in [0.25, 0.3) is 0 Å². The fourth-order valence-electron chi connectivity index (χ4n) is 1.96. The number of rotatable bonds is 4. The van der Waals surface area contributed by atoms with Crippen LogP contribution in [0.3, 0.4) is 0 Å². The van der Waals surface area contributed by atoms with E-state index >= 15 is 0 Å². The molecule has 3 nitrogen and oxygen atoms in total. The van der Waals surface area contributed by atoms with Crippen molar-refractivity contribution in [3.8, 4) is 5.75 Å². The summed E-state index contributed by atoms with van der Waals surface area (Å²) in [5.41, 5.74) is 0. The molecule has 1 fully saturated rings. The first-order valence-electron chi connectivity index (χ1n) is 5.67. The highest BCUT2D eigenvalue weighted by atomic mass is 19.1. The zero-order chi connectivity index (χ0) is 11.5. The molecule has 4 heteroatoms. The summed E-state index contributed by atoms with van der Waals surface area (Å²) in [6.07, 6.45) is 2.60. The minimum atomic E-state index is -0.472. The van der Waals surface area contributed by atoms with E-state index in [1.54, 1.807) is 6.07 Å². The maximum absolute atomic E-state index is 12.6. The number of hydrogen-bond acceptors (Lipinski definition) is 3. The van der Waals surface area contributed by atoms with Gasteiger partial charge in [0.25, 0.3) is 0 Å². The second kappa shape index (κ2) is 4.78. The van der Waals surface area contributed by atoms with Crippen LogP contribution < -0.4 is 4.74 Å². The van der Waals surface area contributed by atoms with Gasteiger partial charge >= 0.3 is 0 Å². The highest BCUT2D eigenvalue weighted by Gasteiger charge is 2.30. The van der Waals surface area contributed by atoms with Crippen molar-refractivity contribution in [2.24, 2.45) is 0 Å². The van der Waals surface area contributed by atoms with Crippen molar-refractivity contribution in [1.29, 1.82) is 0 Å². The molecule has 0 spiro atoms. The van der Waals surface area contributed by atoms with Crippen LogP contribution in [0.5, 0.6) is 5.75 Å². The van der Waals surface area contributed by atoms with Gasteiger partial charge in [-0.15, -0.1) is 0 Å². The monoisotopic (exact) mass is 224 g/mol. The van der Waals surface area contributed by atoms with Crippen LogP contribution in [0.15, 0.2) is 18.3 Å². The van der Waals surface area contributed by atoms with Crippen molar-refractivity contribution in [2.75, 3.05) is 13.2 Å². The minimum absolute atomic E-state index is 0.472. The van der Waals surface area contributed by atoms with Crippen molar-refractivity contribution in [3.05, 3.63) is 24.3 Å². The number of halogens is 1. The van der Waals surface area contributed by atoms with Gasteiger partial charge in [-0.3, -0.25) is 4.90 Å².